The molecule has 4 nitrogen and oxygen atoms in total. The highest BCUT2D eigenvalue weighted by Crippen LogP contribution is 2.18. The van der Waals surface area contributed by atoms with Crippen molar-refractivity contribution in [1.29, 1.82) is 0 Å². The molecule has 2 rings (SSSR count). The normalized spacial score (nSPS) is 25.1. The molecule has 2 N–H and O–H groups in total. The van der Waals surface area contributed by atoms with Gasteiger partial charge in [-0.05, 0) is 38.8 Å². The Hall–Kier alpha value is -0.610. The first kappa shape index (κ1) is 12.8. The van der Waals surface area contributed by atoms with Gasteiger partial charge in [-0.25, -0.2) is 0 Å². The van der Waals surface area contributed by atoms with Crippen LogP contribution in [0.2, 0.25) is 0 Å². The molecule has 1 saturated carbocycles. The number of nitrogens with zero attached hydrogens (tertiary/aromatic N) is 1. The minimum atomic E-state index is 0.207. The summed E-state index contributed by atoms with van der Waals surface area (Å²) in [5.41, 5.74) is 0. The molecule has 2 aliphatic rings. The van der Waals surface area contributed by atoms with E-state index in [1.54, 1.807) is 0 Å². The average Bonchev–Trinajstić information content (AvgIpc) is 3.01. The molecule has 0 aromatic carbocycles. The summed E-state index contributed by atoms with van der Waals surface area (Å²) >= 11 is 0. The average molecular weight is 239 g/mol. The van der Waals surface area contributed by atoms with Crippen LogP contribution in [0, 0.1) is 0 Å². The zero-order chi connectivity index (χ0) is 12.1. The molecule has 98 valence electrons. The molecule has 1 amide bonds. The third-order valence-electron chi connectivity index (χ3n) is 3.76. The molecule has 0 spiro atoms. The molecule has 1 atom stereocenters. The molecule has 1 aliphatic carbocycles. The Labute approximate surface area is 104 Å². The van der Waals surface area contributed by atoms with E-state index in [4.69, 9.17) is 0 Å². The molecule has 4 heteroatoms. The van der Waals surface area contributed by atoms with Gasteiger partial charge in [-0.1, -0.05) is 6.92 Å². The van der Waals surface area contributed by atoms with E-state index < -0.39 is 0 Å². The molecular weight excluding hydrogens is 214 g/mol. The van der Waals surface area contributed by atoms with Crippen molar-refractivity contribution in [2.75, 3.05) is 26.2 Å². The van der Waals surface area contributed by atoms with E-state index >= 15 is 0 Å². The number of rotatable bonds is 7. The summed E-state index contributed by atoms with van der Waals surface area (Å²) < 4.78 is 0. The zero-order valence-electron chi connectivity index (χ0n) is 10.9. The summed E-state index contributed by atoms with van der Waals surface area (Å²) in [7, 11) is 0. The second-order valence-electron chi connectivity index (χ2n) is 5.22. The van der Waals surface area contributed by atoms with Gasteiger partial charge in [0.05, 0.1) is 0 Å². The van der Waals surface area contributed by atoms with Crippen LogP contribution in [-0.4, -0.2) is 49.1 Å². The van der Waals surface area contributed by atoms with E-state index in [2.05, 4.69) is 22.5 Å². The fourth-order valence-corrected chi connectivity index (χ4v) is 2.54. The van der Waals surface area contributed by atoms with Crippen molar-refractivity contribution >= 4 is 5.91 Å². The first-order valence-corrected chi connectivity index (χ1v) is 7.03. The summed E-state index contributed by atoms with van der Waals surface area (Å²) in [6.45, 7) is 6.46. The SMILES string of the molecule is CCN1CCCC1CNCCC(=O)NC1CC1. The van der Waals surface area contributed by atoms with Gasteiger partial charge < -0.3 is 10.6 Å². The van der Waals surface area contributed by atoms with Crippen LogP contribution in [0.3, 0.4) is 0 Å². The quantitative estimate of drug-likeness (QED) is 0.644. The Morgan fingerprint density at radius 3 is 2.88 bits per heavy atom. The highest BCUT2D eigenvalue weighted by Gasteiger charge is 2.23. The lowest BCUT2D eigenvalue weighted by Crippen LogP contribution is -2.39. The summed E-state index contributed by atoms with van der Waals surface area (Å²) in [4.78, 5) is 14.0. The fraction of sp³-hybridized carbons (Fsp3) is 0.923. The molecular formula is C13H25N3O. The second kappa shape index (κ2) is 6.36. The first-order valence-electron chi connectivity index (χ1n) is 7.03. The number of likely N-dealkylation sites (N-methyl/N-ethyl adjacent to an activating group) is 1. The van der Waals surface area contributed by atoms with Gasteiger partial charge in [0.1, 0.15) is 0 Å². The maximum atomic E-state index is 11.4. The largest absolute Gasteiger partial charge is 0.353 e. The van der Waals surface area contributed by atoms with Crippen molar-refractivity contribution in [3.8, 4) is 0 Å². The molecule has 0 radical (unpaired) electrons. The van der Waals surface area contributed by atoms with E-state index in [0.717, 1.165) is 19.6 Å². The summed E-state index contributed by atoms with van der Waals surface area (Å²) in [6, 6.07) is 1.18. The molecule has 0 aromatic rings. The van der Waals surface area contributed by atoms with Crippen LogP contribution < -0.4 is 10.6 Å². The van der Waals surface area contributed by atoms with Crippen molar-refractivity contribution < 1.29 is 4.79 Å². The number of likely N-dealkylation sites (tertiary alicyclic amines) is 1. The van der Waals surface area contributed by atoms with Crippen molar-refractivity contribution in [3.05, 3.63) is 0 Å². The third-order valence-corrected chi connectivity index (χ3v) is 3.76. The lowest BCUT2D eigenvalue weighted by Gasteiger charge is -2.22. The van der Waals surface area contributed by atoms with Crippen LogP contribution in [-0.2, 0) is 4.79 Å². The predicted octanol–water partition coefficient (Wildman–Crippen LogP) is 0.729. The molecule has 1 aliphatic heterocycles. The molecule has 17 heavy (non-hydrogen) atoms. The van der Waals surface area contributed by atoms with Crippen LogP contribution in [0.5, 0.6) is 0 Å². The maximum Gasteiger partial charge on any atom is 0.221 e. The smallest absolute Gasteiger partial charge is 0.221 e. The summed E-state index contributed by atoms with van der Waals surface area (Å²) in [5.74, 6) is 0.207. The van der Waals surface area contributed by atoms with Crippen LogP contribution >= 0.6 is 0 Å². The van der Waals surface area contributed by atoms with E-state index in [0.29, 0.717) is 18.5 Å². The van der Waals surface area contributed by atoms with Gasteiger partial charge in [0, 0.05) is 31.6 Å². The maximum absolute atomic E-state index is 11.4. The van der Waals surface area contributed by atoms with Crippen molar-refractivity contribution in [3.63, 3.8) is 0 Å². The van der Waals surface area contributed by atoms with Gasteiger partial charge in [-0.3, -0.25) is 9.69 Å². The third kappa shape index (κ3) is 4.28. The summed E-state index contributed by atoms with van der Waals surface area (Å²) in [5, 5.41) is 6.43. The number of carbonyl (C=O) groups is 1. The highest BCUT2D eigenvalue weighted by molar-refractivity contribution is 5.76. The second-order valence-corrected chi connectivity index (χ2v) is 5.22. The van der Waals surface area contributed by atoms with Crippen LogP contribution in [0.25, 0.3) is 0 Å². The summed E-state index contributed by atoms with van der Waals surface area (Å²) in [6.07, 6.45) is 5.59. The molecule has 1 saturated heterocycles. The Kier molecular flexibility index (Phi) is 4.80. The van der Waals surface area contributed by atoms with Crippen LogP contribution in [0.15, 0.2) is 0 Å². The fourth-order valence-electron chi connectivity index (χ4n) is 2.54. The highest BCUT2D eigenvalue weighted by atomic mass is 16.1. The van der Waals surface area contributed by atoms with Gasteiger partial charge in [0.15, 0.2) is 0 Å². The molecule has 1 unspecified atom stereocenters. The predicted molar refractivity (Wildman–Crippen MR) is 68.9 cm³/mol. The van der Waals surface area contributed by atoms with E-state index in [1.165, 1.54) is 32.2 Å². The van der Waals surface area contributed by atoms with Crippen molar-refractivity contribution in [1.82, 2.24) is 15.5 Å². The molecule has 2 fully saturated rings. The Morgan fingerprint density at radius 1 is 1.35 bits per heavy atom. The van der Waals surface area contributed by atoms with Crippen LogP contribution in [0.4, 0.5) is 0 Å². The lowest BCUT2D eigenvalue weighted by atomic mass is 10.2. The molecule has 0 aromatic heterocycles. The number of hydrogen-bond acceptors (Lipinski definition) is 3. The van der Waals surface area contributed by atoms with E-state index in [1.807, 2.05) is 0 Å². The van der Waals surface area contributed by atoms with Crippen LogP contribution in [0.1, 0.15) is 39.0 Å². The van der Waals surface area contributed by atoms with E-state index in [9.17, 15) is 4.79 Å². The molecule has 0 bridgehead atoms. The Balaban J connectivity index is 1.51. The van der Waals surface area contributed by atoms with Gasteiger partial charge in [0.25, 0.3) is 0 Å². The number of carbonyl (C=O) groups excluding carboxylic acids is 1. The topological polar surface area (TPSA) is 44.4 Å². The number of nitrogens with one attached hydrogen (secondary N) is 2. The number of amides is 1. The Morgan fingerprint density at radius 2 is 2.18 bits per heavy atom. The zero-order valence-corrected chi connectivity index (χ0v) is 10.9. The van der Waals surface area contributed by atoms with Crippen molar-refractivity contribution in [2.24, 2.45) is 0 Å². The minimum absolute atomic E-state index is 0.207. The van der Waals surface area contributed by atoms with Gasteiger partial charge in [0.2, 0.25) is 5.91 Å². The van der Waals surface area contributed by atoms with E-state index in [-0.39, 0.29) is 5.91 Å². The number of hydrogen-bond donors (Lipinski definition) is 2. The van der Waals surface area contributed by atoms with Gasteiger partial charge >= 0.3 is 0 Å². The lowest BCUT2D eigenvalue weighted by molar-refractivity contribution is -0.121. The minimum Gasteiger partial charge on any atom is -0.353 e. The van der Waals surface area contributed by atoms with Gasteiger partial charge in [-0.2, -0.15) is 0 Å². The molecule has 1 heterocycles. The monoisotopic (exact) mass is 239 g/mol. The Bertz CT molecular complexity index is 253. The standard InChI is InChI=1S/C13H25N3O/c1-2-16-9-3-4-12(16)10-14-8-7-13(17)15-11-5-6-11/h11-12,14H,2-10H2,1H3,(H,15,17). The first-order chi connectivity index (χ1) is 8.29. The van der Waals surface area contributed by atoms with Gasteiger partial charge in [-0.15, -0.1) is 0 Å². The van der Waals surface area contributed by atoms with Crippen molar-refractivity contribution in [2.45, 2.75) is 51.1 Å².